The van der Waals surface area contributed by atoms with Crippen LogP contribution in [0.1, 0.15) is 16.8 Å². The lowest BCUT2D eigenvalue weighted by atomic mass is 10.1. The molecule has 3 nitrogen and oxygen atoms in total. The van der Waals surface area contributed by atoms with Crippen LogP contribution in [0.25, 0.3) is 11.5 Å². The number of hydrogen-bond acceptors (Lipinski definition) is 3. The molecule has 0 aliphatic rings. The summed E-state index contributed by atoms with van der Waals surface area (Å²) in [6.45, 7) is 4.74. The Hall–Kier alpha value is -1.61. The first-order valence-electron chi connectivity index (χ1n) is 5.43. The summed E-state index contributed by atoms with van der Waals surface area (Å²) in [5, 5.41) is 0. The normalized spacial score (nSPS) is 10.7. The summed E-state index contributed by atoms with van der Waals surface area (Å²) >= 11 is 0. The van der Waals surface area contributed by atoms with Gasteiger partial charge in [0.05, 0.1) is 5.69 Å². The molecule has 0 aliphatic heterocycles. The molecule has 0 saturated heterocycles. The van der Waals surface area contributed by atoms with Gasteiger partial charge < -0.3 is 10.2 Å². The van der Waals surface area contributed by atoms with Gasteiger partial charge >= 0.3 is 0 Å². The van der Waals surface area contributed by atoms with E-state index in [0.717, 1.165) is 17.7 Å². The number of aryl methyl sites for hydroxylation is 2. The Bertz CT molecular complexity index is 488. The Morgan fingerprint density at radius 2 is 2.12 bits per heavy atom. The van der Waals surface area contributed by atoms with E-state index in [2.05, 4.69) is 31.0 Å². The second-order valence-corrected chi connectivity index (χ2v) is 4.00. The molecule has 0 amide bonds. The molecular weight excluding hydrogens is 200 g/mol. The van der Waals surface area contributed by atoms with Gasteiger partial charge in [0.15, 0.2) is 0 Å². The van der Waals surface area contributed by atoms with E-state index < -0.39 is 0 Å². The minimum absolute atomic E-state index is 0.596. The van der Waals surface area contributed by atoms with E-state index in [-0.39, 0.29) is 0 Å². The summed E-state index contributed by atoms with van der Waals surface area (Å²) in [5.74, 6) is 0.681. The third kappa shape index (κ3) is 2.14. The van der Waals surface area contributed by atoms with Crippen molar-refractivity contribution in [1.29, 1.82) is 0 Å². The lowest BCUT2D eigenvalue weighted by Gasteiger charge is -2.02. The highest BCUT2D eigenvalue weighted by atomic mass is 16.3. The number of aromatic nitrogens is 1. The van der Waals surface area contributed by atoms with Gasteiger partial charge in [-0.25, -0.2) is 4.98 Å². The molecule has 0 aliphatic carbocycles. The molecule has 0 radical (unpaired) electrons. The van der Waals surface area contributed by atoms with Gasteiger partial charge in [0.1, 0.15) is 6.26 Å². The Morgan fingerprint density at radius 1 is 1.31 bits per heavy atom. The van der Waals surface area contributed by atoms with Gasteiger partial charge in [0.2, 0.25) is 5.89 Å². The number of benzene rings is 1. The van der Waals surface area contributed by atoms with Crippen LogP contribution in [0.4, 0.5) is 0 Å². The second kappa shape index (κ2) is 4.49. The van der Waals surface area contributed by atoms with Crippen LogP contribution < -0.4 is 5.73 Å². The van der Waals surface area contributed by atoms with E-state index in [1.807, 2.05) is 6.07 Å². The summed E-state index contributed by atoms with van der Waals surface area (Å²) < 4.78 is 5.46. The molecule has 3 heteroatoms. The lowest BCUT2D eigenvalue weighted by Crippen LogP contribution is -2.02. The summed E-state index contributed by atoms with van der Waals surface area (Å²) in [7, 11) is 0. The average molecular weight is 216 g/mol. The van der Waals surface area contributed by atoms with Crippen LogP contribution in [0, 0.1) is 13.8 Å². The van der Waals surface area contributed by atoms with Crippen molar-refractivity contribution >= 4 is 0 Å². The highest BCUT2D eigenvalue weighted by molar-refractivity contribution is 5.59. The average Bonchev–Trinajstić information content (AvgIpc) is 2.67. The Labute approximate surface area is 95.3 Å². The van der Waals surface area contributed by atoms with Crippen molar-refractivity contribution in [3.8, 4) is 11.5 Å². The second-order valence-electron chi connectivity index (χ2n) is 4.00. The number of oxazole rings is 1. The summed E-state index contributed by atoms with van der Waals surface area (Å²) in [6.07, 6.45) is 2.44. The molecule has 2 rings (SSSR count). The fraction of sp³-hybridized carbons (Fsp3) is 0.308. The van der Waals surface area contributed by atoms with Crippen LogP contribution in [0.5, 0.6) is 0 Å². The fourth-order valence-electron chi connectivity index (χ4n) is 1.75. The molecule has 1 aromatic carbocycles. The predicted octanol–water partition coefficient (Wildman–Crippen LogP) is 2.46. The van der Waals surface area contributed by atoms with Crippen LogP contribution in [-0.4, -0.2) is 11.5 Å². The maximum atomic E-state index is 5.48. The van der Waals surface area contributed by atoms with Gasteiger partial charge in [-0.1, -0.05) is 17.7 Å². The summed E-state index contributed by atoms with van der Waals surface area (Å²) in [6, 6.07) is 6.24. The molecule has 0 saturated carbocycles. The number of nitrogens with zero attached hydrogens (tertiary/aromatic N) is 1. The van der Waals surface area contributed by atoms with Gasteiger partial charge in [0, 0.05) is 12.0 Å². The minimum Gasteiger partial charge on any atom is -0.444 e. The zero-order valence-corrected chi connectivity index (χ0v) is 9.66. The smallest absolute Gasteiger partial charge is 0.226 e. The van der Waals surface area contributed by atoms with Gasteiger partial charge in [-0.05, 0) is 32.0 Å². The highest BCUT2D eigenvalue weighted by Crippen LogP contribution is 2.23. The number of nitrogens with two attached hydrogens (primary N) is 1. The van der Waals surface area contributed by atoms with Crippen molar-refractivity contribution in [1.82, 2.24) is 4.98 Å². The maximum Gasteiger partial charge on any atom is 0.226 e. The molecule has 2 aromatic rings. The molecule has 0 spiro atoms. The minimum atomic E-state index is 0.596. The van der Waals surface area contributed by atoms with E-state index in [1.54, 1.807) is 6.26 Å². The standard InChI is InChI=1S/C13H16N2O/c1-9-3-4-12(10(2)7-9)13-15-11(5-6-14)8-16-13/h3-4,7-8H,5-6,14H2,1-2H3. The molecule has 0 atom stereocenters. The molecular formula is C13H16N2O. The molecule has 84 valence electrons. The van der Waals surface area contributed by atoms with Crippen molar-refractivity contribution in [2.24, 2.45) is 5.73 Å². The van der Waals surface area contributed by atoms with E-state index in [1.165, 1.54) is 11.1 Å². The van der Waals surface area contributed by atoms with Crippen LogP contribution in [0.3, 0.4) is 0 Å². The van der Waals surface area contributed by atoms with Crippen LogP contribution in [0.2, 0.25) is 0 Å². The van der Waals surface area contributed by atoms with Gasteiger partial charge in [0.25, 0.3) is 0 Å². The summed E-state index contributed by atoms with van der Waals surface area (Å²) in [4.78, 5) is 4.41. The summed E-state index contributed by atoms with van der Waals surface area (Å²) in [5.41, 5.74) is 9.87. The van der Waals surface area contributed by atoms with Gasteiger partial charge in [-0.2, -0.15) is 0 Å². The molecule has 2 N–H and O–H groups in total. The van der Waals surface area contributed by atoms with Crippen LogP contribution >= 0.6 is 0 Å². The van der Waals surface area contributed by atoms with Crippen molar-refractivity contribution in [2.75, 3.05) is 6.54 Å². The van der Waals surface area contributed by atoms with E-state index >= 15 is 0 Å². The van der Waals surface area contributed by atoms with Crippen molar-refractivity contribution in [3.63, 3.8) is 0 Å². The first kappa shape index (κ1) is 10.9. The third-order valence-electron chi connectivity index (χ3n) is 2.56. The first-order chi connectivity index (χ1) is 7.70. The third-order valence-corrected chi connectivity index (χ3v) is 2.56. The highest BCUT2D eigenvalue weighted by Gasteiger charge is 2.08. The SMILES string of the molecule is Cc1ccc(-c2nc(CCN)co2)c(C)c1. The number of rotatable bonds is 3. The maximum absolute atomic E-state index is 5.48. The quantitative estimate of drug-likeness (QED) is 0.857. The molecule has 0 bridgehead atoms. The molecule has 1 heterocycles. The molecule has 0 fully saturated rings. The largest absolute Gasteiger partial charge is 0.444 e. The molecule has 1 aromatic heterocycles. The molecule has 0 unspecified atom stereocenters. The Kier molecular flexibility index (Phi) is 3.06. The lowest BCUT2D eigenvalue weighted by molar-refractivity contribution is 0.572. The Morgan fingerprint density at radius 3 is 2.81 bits per heavy atom. The van der Waals surface area contributed by atoms with Crippen molar-refractivity contribution < 1.29 is 4.42 Å². The van der Waals surface area contributed by atoms with E-state index in [9.17, 15) is 0 Å². The van der Waals surface area contributed by atoms with Crippen molar-refractivity contribution in [3.05, 3.63) is 41.3 Å². The van der Waals surface area contributed by atoms with Gasteiger partial charge in [-0.3, -0.25) is 0 Å². The van der Waals surface area contributed by atoms with Crippen LogP contribution in [0.15, 0.2) is 28.9 Å². The fourth-order valence-corrected chi connectivity index (χ4v) is 1.75. The zero-order chi connectivity index (χ0) is 11.5. The van der Waals surface area contributed by atoms with Crippen LogP contribution in [-0.2, 0) is 6.42 Å². The van der Waals surface area contributed by atoms with Gasteiger partial charge in [-0.15, -0.1) is 0 Å². The van der Waals surface area contributed by atoms with E-state index in [4.69, 9.17) is 10.2 Å². The monoisotopic (exact) mass is 216 g/mol. The predicted molar refractivity (Wildman–Crippen MR) is 64.2 cm³/mol. The topological polar surface area (TPSA) is 52.0 Å². The van der Waals surface area contributed by atoms with E-state index in [0.29, 0.717) is 12.4 Å². The first-order valence-corrected chi connectivity index (χ1v) is 5.43. The molecule has 16 heavy (non-hydrogen) atoms. The van der Waals surface area contributed by atoms with Crippen molar-refractivity contribution in [2.45, 2.75) is 20.3 Å². The zero-order valence-electron chi connectivity index (χ0n) is 9.66. The number of hydrogen-bond donors (Lipinski definition) is 1. The Balaban J connectivity index is 2.35.